The van der Waals surface area contributed by atoms with Crippen molar-refractivity contribution in [2.45, 2.75) is 19.1 Å². The van der Waals surface area contributed by atoms with Gasteiger partial charge in [-0.05, 0) is 24.1 Å². The van der Waals surface area contributed by atoms with E-state index < -0.39 is 0 Å². The monoisotopic (exact) mass is 213 g/mol. The van der Waals surface area contributed by atoms with Crippen LogP contribution in [-0.2, 0) is 16.1 Å². The number of pyridine rings is 1. The van der Waals surface area contributed by atoms with Gasteiger partial charge in [-0.15, -0.1) is 0 Å². The van der Waals surface area contributed by atoms with Crippen molar-refractivity contribution in [2.24, 2.45) is 0 Å². The lowest BCUT2D eigenvalue weighted by atomic mass is 10.3. The first-order chi connectivity index (χ1) is 6.84. The van der Waals surface area contributed by atoms with Crippen molar-refractivity contribution in [1.82, 2.24) is 4.98 Å². The van der Waals surface area contributed by atoms with E-state index in [1.54, 1.807) is 6.20 Å². The number of ether oxygens (including phenoxy) is 2. The largest absolute Gasteiger partial charge is 0.379 e. The summed E-state index contributed by atoms with van der Waals surface area (Å²) in [6, 6.07) is 3.72. The molecule has 2 heterocycles. The molecule has 0 bridgehead atoms. The molecule has 76 valence electrons. The van der Waals surface area contributed by atoms with Gasteiger partial charge < -0.3 is 9.47 Å². The Morgan fingerprint density at radius 3 is 3.29 bits per heavy atom. The maximum absolute atomic E-state index is 5.75. The Morgan fingerprint density at radius 2 is 2.57 bits per heavy atom. The van der Waals surface area contributed by atoms with Gasteiger partial charge in [-0.25, -0.2) is 4.98 Å². The second-order valence-corrected chi connectivity index (χ2v) is 3.67. The summed E-state index contributed by atoms with van der Waals surface area (Å²) in [7, 11) is 0. The van der Waals surface area contributed by atoms with Crippen LogP contribution < -0.4 is 0 Å². The van der Waals surface area contributed by atoms with Crippen molar-refractivity contribution >= 4 is 11.6 Å². The summed E-state index contributed by atoms with van der Waals surface area (Å²) in [5.41, 5.74) is 1.05. The second-order valence-electron chi connectivity index (χ2n) is 3.28. The first-order valence-electron chi connectivity index (χ1n) is 4.64. The smallest absolute Gasteiger partial charge is 0.129 e. The van der Waals surface area contributed by atoms with Gasteiger partial charge in [0, 0.05) is 12.8 Å². The molecule has 2 rings (SSSR count). The third-order valence-electron chi connectivity index (χ3n) is 2.16. The Labute approximate surface area is 88.0 Å². The molecule has 0 aliphatic carbocycles. The molecule has 1 aliphatic rings. The van der Waals surface area contributed by atoms with Gasteiger partial charge in [0.2, 0.25) is 0 Å². The summed E-state index contributed by atoms with van der Waals surface area (Å²) in [6.07, 6.45) is 2.91. The molecular formula is C10H12ClNO2. The quantitative estimate of drug-likeness (QED) is 0.721. The molecule has 1 atom stereocenters. The van der Waals surface area contributed by atoms with Crippen LogP contribution in [0.15, 0.2) is 18.3 Å². The first-order valence-corrected chi connectivity index (χ1v) is 5.02. The number of hydrogen-bond acceptors (Lipinski definition) is 3. The van der Waals surface area contributed by atoms with E-state index in [1.807, 2.05) is 12.1 Å². The Bertz CT molecular complexity index is 300. The lowest BCUT2D eigenvalue weighted by Gasteiger charge is -2.09. The Hall–Kier alpha value is -0.640. The maximum Gasteiger partial charge on any atom is 0.129 e. The molecule has 1 fully saturated rings. The van der Waals surface area contributed by atoms with Crippen molar-refractivity contribution in [1.29, 1.82) is 0 Å². The minimum atomic E-state index is 0.238. The van der Waals surface area contributed by atoms with Crippen LogP contribution in [0.1, 0.15) is 12.0 Å². The van der Waals surface area contributed by atoms with Crippen LogP contribution in [0.5, 0.6) is 0 Å². The number of halogens is 1. The Morgan fingerprint density at radius 1 is 1.64 bits per heavy atom. The second kappa shape index (κ2) is 4.73. The number of hydrogen-bond donors (Lipinski definition) is 0. The molecule has 1 aromatic heterocycles. The highest BCUT2D eigenvalue weighted by atomic mass is 35.5. The van der Waals surface area contributed by atoms with Gasteiger partial charge in [0.25, 0.3) is 0 Å². The first kappa shape index (κ1) is 9.90. The van der Waals surface area contributed by atoms with Crippen LogP contribution in [0.25, 0.3) is 0 Å². The summed E-state index contributed by atoms with van der Waals surface area (Å²) in [4.78, 5) is 3.90. The zero-order chi connectivity index (χ0) is 9.80. The highest BCUT2D eigenvalue weighted by Gasteiger charge is 2.15. The summed E-state index contributed by atoms with van der Waals surface area (Å²) in [5.74, 6) is 0. The summed E-state index contributed by atoms with van der Waals surface area (Å²) in [6.45, 7) is 2.09. The van der Waals surface area contributed by atoms with E-state index in [1.165, 1.54) is 0 Å². The topological polar surface area (TPSA) is 31.4 Å². The van der Waals surface area contributed by atoms with Crippen molar-refractivity contribution in [3.05, 3.63) is 29.0 Å². The van der Waals surface area contributed by atoms with Crippen LogP contribution >= 0.6 is 11.6 Å². The van der Waals surface area contributed by atoms with E-state index in [9.17, 15) is 0 Å². The number of nitrogens with zero attached hydrogens (tertiary/aromatic N) is 1. The SMILES string of the molecule is Clc1cc(COC2CCOC2)ccn1. The van der Waals surface area contributed by atoms with Gasteiger partial charge in [0.05, 0.1) is 19.3 Å². The van der Waals surface area contributed by atoms with E-state index in [-0.39, 0.29) is 6.10 Å². The third kappa shape index (κ3) is 2.67. The van der Waals surface area contributed by atoms with Crippen LogP contribution in [0, 0.1) is 0 Å². The third-order valence-corrected chi connectivity index (χ3v) is 2.37. The fraction of sp³-hybridized carbons (Fsp3) is 0.500. The molecule has 0 spiro atoms. The average molecular weight is 214 g/mol. The van der Waals surface area contributed by atoms with Crippen LogP contribution in [-0.4, -0.2) is 24.3 Å². The fourth-order valence-corrected chi connectivity index (χ4v) is 1.59. The molecule has 1 aliphatic heterocycles. The van der Waals surface area contributed by atoms with Crippen LogP contribution in [0.2, 0.25) is 5.15 Å². The maximum atomic E-state index is 5.75. The summed E-state index contributed by atoms with van der Waals surface area (Å²) >= 11 is 5.75. The summed E-state index contributed by atoms with van der Waals surface area (Å²) in [5, 5.41) is 0.508. The molecule has 0 radical (unpaired) electrons. The molecule has 0 N–H and O–H groups in total. The van der Waals surface area contributed by atoms with Crippen LogP contribution in [0.4, 0.5) is 0 Å². The highest BCUT2D eigenvalue weighted by Crippen LogP contribution is 2.13. The predicted octanol–water partition coefficient (Wildman–Crippen LogP) is 2.04. The molecule has 14 heavy (non-hydrogen) atoms. The minimum absolute atomic E-state index is 0.238. The normalized spacial score (nSPS) is 21.4. The minimum Gasteiger partial charge on any atom is -0.379 e. The molecule has 1 saturated heterocycles. The van der Waals surface area contributed by atoms with E-state index in [0.29, 0.717) is 18.4 Å². The zero-order valence-electron chi connectivity index (χ0n) is 7.78. The Balaban J connectivity index is 1.85. The van der Waals surface area contributed by atoms with E-state index >= 15 is 0 Å². The average Bonchev–Trinajstić information content (AvgIpc) is 2.67. The van der Waals surface area contributed by atoms with Gasteiger partial charge in [-0.1, -0.05) is 11.6 Å². The lowest BCUT2D eigenvalue weighted by molar-refractivity contribution is 0.0317. The molecule has 1 unspecified atom stereocenters. The zero-order valence-corrected chi connectivity index (χ0v) is 8.54. The van der Waals surface area contributed by atoms with E-state index in [4.69, 9.17) is 21.1 Å². The predicted molar refractivity (Wildman–Crippen MR) is 53.3 cm³/mol. The van der Waals surface area contributed by atoms with Gasteiger partial charge in [-0.3, -0.25) is 0 Å². The van der Waals surface area contributed by atoms with Crippen molar-refractivity contribution in [2.75, 3.05) is 13.2 Å². The molecule has 0 aromatic carbocycles. The molecule has 3 nitrogen and oxygen atoms in total. The van der Waals surface area contributed by atoms with Crippen molar-refractivity contribution in [3.8, 4) is 0 Å². The molecule has 1 aromatic rings. The standard InChI is InChI=1S/C10H12ClNO2/c11-10-5-8(1-3-12-10)6-14-9-2-4-13-7-9/h1,3,5,9H,2,4,6-7H2. The van der Waals surface area contributed by atoms with Gasteiger partial charge >= 0.3 is 0 Å². The Kier molecular flexibility index (Phi) is 3.35. The number of aromatic nitrogens is 1. The highest BCUT2D eigenvalue weighted by molar-refractivity contribution is 6.29. The van der Waals surface area contributed by atoms with E-state index in [2.05, 4.69) is 4.98 Å². The van der Waals surface area contributed by atoms with Crippen molar-refractivity contribution < 1.29 is 9.47 Å². The van der Waals surface area contributed by atoms with Crippen molar-refractivity contribution in [3.63, 3.8) is 0 Å². The van der Waals surface area contributed by atoms with Crippen LogP contribution in [0.3, 0.4) is 0 Å². The van der Waals surface area contributed by atoms with E-state index in [0.717, 1.165) is 18.6 Å². The lowest BCUT2D eigenvalue weighted by Crippen LogP contribution is -2.11. The van der Waals surface area contributed by atoms with Gasteiger partial charge in [0.1, 0.15) is 5.15 Å². The molecular weight excluding hydrogens is 202 g/mol. The van der Waals surface area contributed by atoms with Gasteiger partial charge in [0.15, 0.2) is 0 Å². The number of rotatable bonds is 3. The molecule has 0 amide bonds. The molecule has 0 saturated carbocycles. The van der Waals surface area contributed by atoms with Gasteiger partial charge in [-0.2, -0.15) is 0 Å². The summed E-state index contributed by atoms with van der Waals surface area (Å²) < 4.78 is 10.8. The fourth-order valence-electron chi connectivity index (χ4n) is 1.39. The molecule has 4 heteroatoms.